The van der Waals surface area contributed by atoms with Gasteiger partial charge in [-0.2, -0.15) is 5.26 Å². The normalized spacial score (nSPS) is 10.2. The van der Waals surface area contributed by atoms with Crippen LogP contribution in [0.1, 0.15) is 11.1 Å². The topological polar surface area (TPSA) is 55.0 Å². The minimum atomic E-state index is -0.301. The standard InChI is InChI=1S/C20H16N2O2/c1-24-19-10-6-5-9-17(19)18-12-11-16(13-21)20(23)22(18)14-15-7-3-2-4-8-15/h2-12H,14H2,1H3. The summed E-state index contributed by atoms with van der Waals surface area (Å²) in [5.74, 6) is 0.684. The van der Waals surface area contributed by atoms with Crippen molar-refractivity contribution in [3.63, 3.8) is 0 Å². The summed E-state index contributed by atoms with van der Waals surface area (Å²) in [6, 6.07) is 22.5. The second-order valence-corrected chi connectivity index (χ2v) is 5.32. The first-order valence-corrected chi connectivity index (χ1v) is 7.56. The highest BCUT2D eigenvalue weighted by molar-refractivity contribution is 5.68. The highest BCUT2D eigenvalue weighted by Gasteiger charge is 2.14. The Balaban J connectivity index is 2.21. The van der Waals surface area contributed by atoms with Crippen molar-refractivity contribution in [1.82, 2.24) is 4.57 Å². The van der Waals surface area contributed by atoms with Crippen LogP contribution in [0.25, 0.3) is 11.3 Å². The van der Waals surface area contributed by atoms with Gasteiger partial charge in [0.15, 0.2) is 0 Å². The van der Waals surface area contributed by atoms with Crippen LogP contribution in [0.15, 0.2) is 71.5 Å². The molecule has 0 aliphatic heterocycles. The van der Waals surface area contributed by atoms with Gasteiger partial charge >= 0.3 is 0 Å². The fraction of sp³-hybridized carbons (Fsp3) is 0.100. The van der Waals surface area contributed by atoms with Crippen molar-refractivity contribution in [3.8, 4) is 23.1 Å². The quantitative estimate of drug-likeness (QED) is 0.741. The number of rotatable bonds is 4. The molecule has 0 radical (unpaired) electrons. The number of hydrogen-bond donors (Lipinski definition) is 0. The average molecular weight is 316 g/mol. The third-order valence-corrected chi connectivity index (χ3v) is 3.86. The second-order valence-electron chi connectivity index (χ2n) is 5.32. The SMILES string of the molecule is COc1ccccc1-c1ccc(C#N)c(=O)n1Cc1ccccc1. The first kappa shape index (κ1) is 15.6. The predicted octanol–water partition coefficient (Wildman–Crippen LogP) is 3.44. The van der Waals surface area contributed by atoms with Crippen LogP contribution in [0, 0.1) is 11.3 Å². The predicted molar refractivity (Wildman–Crippen MR) is 92.9 cm³/mol. The van der Waals surface area contributed by atoms with Gasteiger partial charge < -0.3 is 9.30 Å². The van der Waals surface area contributed by atoms with Gasteiger partial charge in [-0.1, -0.05) is 42.5 Å². The molecule has 0 bridgehead atoms. The Morgan fingerprint density at radius 3 is 2.42 bits per heavy atom. The summed E-state index contributed by atoms with van der Waals surface area (Å²) < 4.78 is 7.04. The number of nitriles is 1. The summed E-state index contributed by atoms with van der Waals surface area (Å²) in [5.41, 5.74) is 2.36. The van der Waals surface area contributed by atoms with E-state index in [2.05, 4.69) is 0 Å². The number of methoxy groups -OCH3 is 1. The van der Waals surface area contributed by atoms with Crippen molar-refractivity contribution >= 4 is 0 Å². The number of nitrogens with zero attached hydrogens (tertiary/aromatic N) is 2. The van der Waals surface area contributed by atoms with Crippen molar-refractivity contribution in [1.29, 1.82) is 5.26 Å². The number of ether oxygens (including phenoxy) is 1. The van der Waals surface area contributed by atoms with Gasteiger partial charge in [0.2, 0.25) is 0 Å². The van der Waals surface area contributed by atoms with E-state index in [0.29, 0.717) is 12.3 Å². The zero-order valence-corrected chi connectivity index (χ0v) is 13.3. The molecule has 0 aliphatic rings. The molecular formula is C20H16N2O2. The second kappa shape index (κ2) is 6.84. The maximum Gasteiger partial charge on any atom is 0.269 e. The highest BCUT2D eigenvalue weighted by atomic mass is 16.5. The maximum atomic E-state index is 12.7. The molecule has 0 aliphatic carbocycles. The maximum absolute atomic E-state index is 12.7. The molecule has 1 aromatic heterocycles. The molecule has 1 heterocycles. The summed E-state index contributed by atoms with van der Waals surface area (Å²) in [5, 5.41) is 9.18. The zero-order valence-electron chi connectivity index (χ0n) is 13.3. The van der Waals surface area contributed by atoms with Crippen LogP contribution in [0.4, 0.5) is 0 Å². The third-order valence-electron chi connectivity index (χ3n) is 3.86. The van der Waals surface area contributed by atoms with Gasteiger partial charge in [0.1, 0.15) is 17.4 Å². The zero-order chi connectivity index (χ0) is 16.9. The monoisotopic (exact) mass is 316 g/mol. The van der Waals surface area contributed by atoms with Gasteiger partial charge in [-0.15, -0.1) is 0 Å². The lowest BCUT2D eigenvalue weighted by Gasteiger charge is -2.16. The number of aromatic nitrogens is 1. The Morgan fingerprint density at radius 2 is 1.71 bits per heavy atom. The van der Waals surface area contributed by atoms with Crippen LogP contribution < -0.4 is 10.3 Å². The first-order chi connectivity index (χ1) is 11.7. The van der Waals surface area contributed by atoms with E-state index < -0.39 is 0 Å². The average Bonchev–Trinajstić information content (AvgIpc) is 2.64. The van der Waals surface area contributed by atoms with Crippen molar-refractivity contribution in [2.24, 2.45) is 0 Å². The Hall–Kier alpha value is -3.32. The Bertz CT molecular complexity index is 953. The number of pyridine rings is 1. The molecule has 2 aromatic carbocycles. The van der Waals surface area contributed by atoms with E-state index in [1.807, 2.05) is 60.7 Å². The van der Waals surface area contributed by atoms with E-state index in [1.165, 1.54) is 0 Å². The molecule has 4 heteroatoms. The van der Waals surface area contributed by atoms with Gasteiger partial charge in [0, 0.05) is 5.56 Å². The Kier molecular flexibility index (Phi) is 4.44. The van der Waals surface area contributed by atoms with Crippen LogP contribution >= 0.6 is 0 Å². The van der Waals surface area contributed by atoms with Crippen LogP contribution in [-0.2, 0) is 6.54 Å². The Labute approximate surface area is 140 Å². The molecule has 0 unspecified atom stereocenters. The lowest BCUT2D eigenvalue weighted by Crippen LogP contribution is -2.24. The smallest absolute Gasteiger partial charge is 0.269 e. The van der Waals surface area contributed by atoms with Gasteiger partial charge in [-0.25, -0.2) is 0 Å². The molecular weight excluding hydrogens is 300 g/mol. The summed E-state index contributed by atoms with van der Waals surface area (Å²) in [4.78, 5) is 12.7. The molecule has 24 heavy (non-hydrogen) atoms. The fourth-order valence-electron chi connectivity index (χ4n) is 2.68. The fourth-order valence-corrected chi connectivity index (χ4v) is 2.68. The molecule has 3 rings (SSSR count). The van der Waals surface area contributed by atoms with E-state index in [9.17, 15) is 10.1 Å². The van der Waals surface area contributed by atoms with Crippen LogP contribution in [-0.4, -0.2) is 11.7 Å². The van der Waals surface area contributed by atoms with E-state index in [-0.39, 0.29) is 11.1 Å². The molecule has 3 aromatic rings. The molecule has 0 saturated carbocycles. The van der Waals surface area contributed by atoms with Crippen LogP contribution in [0.5, 0.6) is 5.75 Å². The molecule has 4 nitrogen and oxygen atoms in total. The third kappa shape index (κ3) is 2.92. The van der Waals surface area contributed by atoms with Crippen molar-refractivity contribution in [2.45, 2.75) is 6.54 Å². The number of hydrogen-bond acceptors (Lipinski definition) is 3. The molecule has 0 amide bonds. The van der Waals surface area contributed by atoms with Gasteiger partial charge in [0.05, 0.1) is 19.3 Å². The largest absolute Gasteiger partial charge is 0.496 e. The minimum absolute atomic E-state index is 0.129. The lowest BCUT2D eigenvalue weighted by molar-refractivity contribution is 0.416. The summed E-state index contributed by atoms with van der Waals surface area (Å²) in [6.45, 7) is 0.391. The molecule has 0 saturated heterocycles. The first-order valence-electron chi connectivity index (χ1n) is 7.56. The minimum Gasteiger partial charge on any atom is -0.496 e. The van der Waals surface area contributed by atoms with Crippen LogP contribution in [0.2, 0.25) is 0 Å². The number of para-hydroxylation sites is 1. The van der Waals surface area contributed by atoms with E-state index in [0.717, 1.165) is 16.8 Å². The molecule has 118 valence electrons. The van der Waals surface area contributed by atoms with Crippen molar-refractivity contribution in [2.75, 3.05) is 7.11 Å². The van der Waals surface area contributed by atoms with Gasteiger partial charge in [-0.3, -0.25) is 4.79 Å². The van der Waals surface area contributed by atoms with Crippen molar-refractivity contribution in [3.05, 3.63) is 88.2 Å². The summed E-state index contributed by atoms with van der Waals surface area (Å²) in [6.07, 6.45) is 0. The summed E-state index contributed by atoms with van der Waals surface area (Å²) >= 11 is 0. The molecule has 0 fully saturated rings. The molecule has 0 atom stereocenters. The highest BCUT2D eigenvalue weighted by Crippen LogP contribution is 2.29. The van der Waals surface area contributed by atoms with Gasteiger partial charge in [0.25, 0.3) is 5.56 Å². The molecule has 0 N–H and O–H groups in total. The molecule has 0 spiro atoms. The Morgan fingerprint density at radius 1 is 1.00 bits per heavy atom. The lowest BCUT2D eigenvalue weighted by atomic mass is 10.1. The summed E-state index contributed by atoms with van der Waals surface area (Å²) in [7, 11) is 1.60. The van der Waals surface area contributed by atoms with Crippen molar-refractivity contribution < 1.29 is 4.74 Å². The van der Waals surface area contributed by atoms with E-state index >= 15 is 0 Å². The van der Waals surface area contributed by atoms with Crippen LogP contribution in [0.3, 0.4) is 0 Å². The van der Waals surface area contributed by atoms with E-state index in [1.54, 1.807) is 23.8 Å². The number of benzene rings is 2. The van der Waals surface area contributed by atoms with E-state index in [4.69, 9.17) is 4.74 Å². The van der Waals surface area contributed by atoms with Gasteiger partial charge in [-0.05, 0) is 29.8 Å².